The van der Waals surface area contributed by atoms with Gasteiger partial charge >= 0.3 is 5.97 Å². The van der Waals surface area contributed by atoms with Crippen molar-refractivity contribution in [2.24, 2.45) is 0 Å². The summed E-state index contributed by atoms with van der Waals surface area (Å²) in [6.07, 6.45) is 2.88. The summed E-state index contributed by atoms with van der Waals surface area (Å²) in [5.74, 6) is -1.82. The zero-order chi connectivity index (χ0) is 30.3. The number of benzene rings is 3. The Morgan fingerprint density at radius 2 is 1.74 bits per heavy atom. The molecule has 1 fully saturated rings. The molecule has 3 aromatic carbocycles. The largest absolute Gasteiger partial charge is 0.506 e. The Balaban J connectivity index is 1.38. The van der Waals surface area contributed by atoms with E-state index >= 15 is 0 Å². The van der Waals surface area contributed by atoms with E-state index in [4.69, 9.17) is 0 Å². The second-order valence-corrected chi connectivity index (χ2v) is 12.1. The van der Waals surface area contributed by atoms with E-state index in [1.807, 2.05) is 42.5 Å². The van der Waals surface area contributed by atoms with Crippen LogP contribution in [0, 0.1) is 0 Å². The van der Waals surface area contributed by atoms with Gasteiger partial charge in [-0.3, -0.25) is 14.8 Å². The van der Waals surface area contributed by atoms with Gasteiger partial charge in [0.25, 0.3) is 5.91 Å². The number of rotatable bonds is 12. The van der Waals surface area contributed by atoms with Crippen molar-refractivity contribution in [2.75, 3.05) is 29.0 Å². The lowest BCUT2D eigenvalue weighted by Crippen LogP contribution is -2.50. The van der Waals surface area contributed by atoms with E-state index < -0.39 is 34.0 Å². The Bertz CT molecular complexity index is 1480. The topological polar surface area (TPSA) is 168 Å². The molecule has 224 valence electrons. The van der Waals surface area contributed by atoms with Crippen LogP contribution in [-0.2, 0) is 21.2 Å². The van der Waals surface area contributed by atoms with Crippen molar-refractivity contribution in [1.29, 1.82) is 0 Å². The number of aliphatic carboxylic acids is 1. The van der Waals surface area contributed by atoms with Gasteiger partial charge in [0.05, 0.1) is 24.2 Å². The second-order valence-electron chi connectivity index (χ2n) is 10.4. The van der Waals surface area contributed by atoms with Crippen LogP contribution in [-0.4, -0.2) is 67.2 Å². The number of aliphatic hydroxyl groups is 1. The molecule has 42 heavy (non-hydrogen) atoms. The number of anilines is 2. The molecule has 2 unspecified atom stereocenters. The Morgan fingerprint density at radius 3 is 2.40 bits per heavy atom. The van der Waals surface area contributed by atoms with Crippen LogP contribution in [0.5, 0.6) is 5.75 Å². The molecule has 1 heterocycles. The van der Waals surface area contributed by atoms with Crippen LogP contribution in [0.15, 0.2) is 72.8 Å². The second kappa shape index (κ2) is 13.7. The van der Waals surface area contributed by atoms with Crippen molar-refractivity contribution < 1.29 is 33.3 Å². The lowest BCUT2D eigenvalue weighted by molar-refractivity contribution is -0.139. The van der Waals surface area contributed by atoms with Gasteiger partial charge in [0.15, 0.2) is 0 Å². The zero-order valence-electron chi connectivity index (χ0n) is 23.2. The average molecular weight is 597 g/mol. The van der Waals surface area contributed by atoms with Crippen LogP contribution in [0.4, 0.5) is 11.4 Å². The van der Waals surface area contributed by atoms with Crippen molar-refractivity contribution in [1.82, 2.24) is 10.6 Å². The minimum absolute atomic E-state index is 0.00721. The number of aromatic hydroxyl groups is 1. The lowest BCUT2D eigenvalue weighted by Gasteiger charge is -2.38. The SMILES string of the molecule is CS(=O)(=O)Nc1cc(C(O)CNC2CCCCN2c2ccc(C(=O)N[C@H](Cc3ccccc3)C(=O)O)cc2)ccc1O. The normalized spacial score (nSPS) is 16.8. The van der Waals surface area contributed by atoms with Gasteiger partial charge in [-0.05, 0) is 66.8 Å². The third kappa shape index (κ3) is 8.44. The van der Waals surface area contributed by atoms with E-state index in [-0.39, 0.29) is 30.6 Å². The van der Waals surface area contributed by atoms with Gasteiger partial charge in [-0.2, -0.15) is 0 Å². The maximum Gasteiger partial charge on any atom is 0.326 e. The fraction of sp³-hybridized carbons (Fsp3) is 0.333. The first-order valence-electron chi connectivity index (χ1n) is 13.7. The van der Waals surface area contributed by atoms with Crippen molar-refractivity contribution >= 4 is 33.3 Å². The number of nitrogens with zero attached hydrogens (tertiary/aromatic N) is 1. The number of phenolic OH excluding ortho intramolecular Hbond substituents is 1. The molecule has 1 aliphatic heterocycles. The third-order valence-corrected chi connectivity index (χ3v) is 7.69. The molecule has 6 N–H and O–H groups in total. The molecule has 0 aliphatic carbocycles. The molecule has 3 aromatic rings. The Labute approximate surface area is 245 Å². The number of amides is 1. The van der Waals surface area contributed by atoms with Gasteiger partial charge in [-0.1, -0.05) is 36.4 Å². The number of carbonyl (C=O) groups is 2. The van der Waals surface area contributed by atoms with Crippen molar-refractivity contribution in [3.8, 4) is 5.75 Å². The smallest absolute Gasteiger partial charge is 0.326 e. The molecule has 0 aromatic heterocycles. The number of sulfonamides is 1. The van der Waals surface area contributed by atoms with Crippen molar-refractivity contribution in [3.05, 3.63) is 89.5 Å². The highest BCUT2D eigenvalue weighted by atomic mass is 32.2. The molecule has 3 atom stereocenters. The molecule has 1 aliphatic rings. The molecule has 11 nitrogen and oxygen atoms in total. The van der Waals surface area contributed by atoms with Gasteiger partial charge in [-0.15, -0.1) is 0 Å². The van der Waals surface area contributed by atoms with E-state index in [2.05, 4.69) is 20.3 Å². The summed E-state index contributed by atoms with van der Waals surface area (Å²) in [6.45, 7) is 0.946. The number of nitrogens with one attached hydrogen (secondary N) is 3. The van der Waals surface area contributed by atoms with Crippen LogP contribution < -0.4 is 20.3 Å². The maximum absolute atomic E-state index is 12.9. The number of carbonyl (C=O) groups excluding carboxylic acids is 1. The van der Waals surface area contributed by atoms with Gasteiger partial charge in [0.1, 0.15) is 11.8 Å². The minimum atomic E-state index is -3.61. The molecule has 1 amide bonds. The number of hydrogen-bond acceptors (Lipinski definition) is 8. The zero-order valence-corrected chi connectivity index (χ0v) is 24.0. The van der Waals surface area contributed by atoms with E-state index in [1.54, 1.807) is 12.1 Å². The predicted molar refractivity (Wildman–Crippen MR) is 160 cm³/mol. The van der Waals surface area contributed by atoms with Gasteiger partial charge in [0, 0.05) is 30.8 Å². The first-order valence-corrected chi connectivity index (χ1v) is 15.6. The molecule has 0 saturated carbocycles. The van der Waals surface area contributed by atoms with E-state index in [9.17, 15) is 33.3 Å². The van der Waals surface area contributed by atoms with E-state index in [0.29, 0.717) is 11.1 Å². The third-order valence-electron chi connectivity index (χ3n) is 7.10. The number of phenols is 1. The van der Waals surface area contributed by atoms with Gasteiger partial charge in [-0.25, -0.2) is 13.2 Å². The summed E-state index contributed by atoms with van der Waals surface area (Å²) in [6, 6.07) is 19.3. The summed E-state index contributed by atoms with van der Waals surface area (Å²) in [5, 5.41) is 36.4. The minimum Gasteiger partial charge on any atom is -0.506 e. The highest BCUT2D eigenvalue weighted by Gasteiger charge is 2.25. The molecule has 0 spiro atoms. The summed E-state index contributed by atoms with van der Waals surface area (Å²) >= 11 is 0. The lowest BCUT2D eigenvalue weighted by atomic mass is 10.0. The van der Waals surface area contributed by atoms with Gasteiger partial charge < -0.3 is 25.5 Å². The van der Waals surface area contributed by atoms with Crippen LogP contribution in [0.2, 0.25) is 0 Å². The summed E-state index contributed by atoms with van der Waals surface area (Å²) in [7, 11) is -3.61. The predicted octanol–water partition coefficient (Wildman–Crippen LogP) is 2.83. The maximum atomic E-state index is 12.9. The molecule has 0 radical (unpaired) electrons. The van der Waals surface area contributed by atoms with E-state index in [1.165, 1.54) is 18.2 Å². The first-order chi connectivity index (χ1) is 20.0. The van der Waals surface area contributed by atoms with Crippen molar-refractivity contribution in [3.63, 3.8) is 0 Å². The standard InChI is InChI=1S/C30H36N4O7S/c1-42(40,41)33-24-18-22(12-15-26(24)35)27(36)19-31-28-9-5-6-16-34(28)23-13-10-21(11-14-23)29(37)32-25(30(38)39)17-20-7-3-2-4-8-20/h2-4,7-8,10-15,18,25,27-28,31,33,35-36H,5-6,9,16-17,19H2,1H3,(H,32,37)(H,38,39)/t25-,27?,28?/m1/s1. The number of hydrogen-bond donors (Lipinski definition) is 6. The molecule has 1 saturated heterocycles. The average Bonchev–Trinajstić information content (AvgIpc) is 2.96. The number of carboxylic acids is 1. The molecule has 4 rings (SSSR count). The molecule has 0 bridgehead atoms. The Hall–Kier alpha value is -4.13. The quantitative estimate of drug-likeness (QED) is 0.172. The summed E-state index contributed by atoms with van der Waals surface area (Å²) in [5.41, 5.74) is 2.47. The number of piperidine rings is 1. The van der Waals surface area contributed by atoms with Crippen LogP contribution in [0.1, 0.15) is 46.9 Å². The van der Waals surface area contributed by atoms with Gasteiger partial charge in [0.2, 0.25) is 10.0 Å². The Morgan fingerprint density at radius 1 is 1.02 bits per heavy atom. The molecular weight excluding hydrogens is 560 g/mol. The highest BCUT2D eigenvalue weighted by Crippen LogP contribution is 2.29. The van der Waals surface area contributed by atoms with Crippen molar-refractivity contribution in [2.45, 2.75) is 44.0 Å². The van der Waals surface area contributed by atoms with Crippen LogP contribution >= 0.6 is 0 Å². The first kappa shape index (κ1) is 30.8. The van der Waals surface area contributed by atoms with Crippen LogP contribution in [0.3, 0.4) is 0 Å². The monoisotopic (exact) mass is 596 g/mol. The fourth-order valence-corrected chi connectivity index (χ4v) is 5.52. The number of aliphatic hydroxyl groups excluding tert-OH is 1. The van der Waals surface area contributed by atoms with Crippen LogP contribution in [0.25, 0.3) is 0 Å². The summed E-state index contributed by atoms with van der Waals surface area (Å²) < 4.78 is 25.4. The van der Waals surface area contributed by atoms with E-state index in [0.717, 1.165) is 43.3 Å². The number of carboxylic acid groups (broad SMARTS) is 1. The highest BCUT2D eigenvalue weighted by molar-refractivity contribution is 7.92. The Kier molecular flexibility index (Phi) is 10.0. The summed E-state index contributed by atoms with van der Waals surface area (Å²) in [4.78, 5) is 26.8. The molecule has 12 heteroatoms. The molecular formula is C30H36N4O7S. The fourth-order valence-electron chi connectivity index (χ4n) is 4.96.